The average molecular weight is 275 g/mol. The fraction of sp³-hybridized carbons (Fsp3) is 0.222. The molecule has 0 spiro atoms. The summed E-state index contributed by atoms with van der Waals surface area (Å²) in [6.45, 7) is 0.252. The molecule has 0 bridgehead atoms. The van der Waals surface area contributed by atoms with Crippen LogP contribution in [0.5, 0.6) is 5.75 Å². The predicted molar refractivity (Wildman–Crippen MR) is 57.7 cm³/mol. The van der Waals surface area contributed by atoms with Crippen molar-refractivity contribution >= 4 is 21.9 Å². The third-order valence-corrected chi connectivity index (χ3v) is 2.09. The van der Waals surface area contributed by atoms with Crippen LogP contribution in [-0.4, -0.2) is 12.6 Å². The van der Waals surface area contributed by atoms with Gasteiger partial charge in [-0.2, -0.15) is 0 Å². The smallest absolute Gasteiger partial charge is 0.329 e. The molecule has 5 nitrogen and oxygen atoms in total. The second-order valence-corrected chi connectivity index (χ2v) is 3.56. The lowest BCUT2D eigenvalue weighted by Crippen LogP contribution is -2.26. The van der Waals surface area contributed by atoms with Gasteiger partial charge in [-0.25, -0.2) is 5.84 Å². The summed E-state index contributed by atoms with van der Waals surface area (Å²) in [5, 5.41) is 0. The van der Waals surface area contributed by atoms with E-state index in [1.54, 1.807) is 12.1 Å². The van der Waals surface area contributed by atoms with Gasteiger partial charge in [-0.05, 0) is 24.3 Å². The fourth-order valence-corrected chi connectivity index (χ4v) is 1.16. The molecule has 0 aromatic heterocycles. The zero-order valence-corrected chi connectivity index (χ0v) is 9.49. The maximum absolute atomic E-state index is 10.8. The molecule has 3 N–H and O–H groups in total. The van der Waals surface area contributed by atoms with Gasteiger partial charge in [0.25, 0.3) is 0 Å². The number of nitrogens with one attached hydrogen (secondary N) is 1. The van der Waals surface area contributed by atoms with Gasteiger partial charge < -0.3 is 9.57 Å². The summed E-state index contributed by atoms with van der Waals surface area (Å²) in [4.78, 5) is 15.1. The van der Waals surface area contributed by atoms with E-state index < -0.39 is 5.97 Å². The average Bonchev–Trinajstić information content (AvgIpc) is 2.21. The summed E-state index contributed by atoms with van der Waals surface area (Å²) in [7, 11) is 0. The molecule has 82 valence electrons. The summed E-state index contributed by atoms with van der Waals surface area (Å²) in [5.41, 5.74) is 1.81. The zero-order valence-electron chi connectivity index (χ0n) is 7.90. The van der Waals surface area contributed by atoms with E-state index in [2.05, 4.69) is 20.8 Å². The molecule has 0 unspecified atom stereocenters. The molecule has 15 heavy (non-hydrogen) atoms. The molecule has 0 atom stereocenters. The van der Waals surface area contributed by atoms with Gasteiger partial charge in [0.2, 0.25) is 0 Å². The highest BCUT2D eigenvalue weighted by Crippen LogP contribution is 2.16. The maximum atomic E-state index is 10.8. The number of hydrogen-bond acceptors (Lipinski definition) is 5. The van der Waals surface area contributed by atoms with E-state index in [4.69, 9.17) is 10.6 Å². The Labute approximate surface area is 95.6 Å². The molecule has 1 rings (SSSR count). The molecule has 0 radical (unpaired) electrons. The number of rotatable bonds is 5. The highest BCUT2D eigenvalue weighted by Gasteiger charge is 2.02. The first-order valence-corrected chi connectivity index (χ1v) is 5.05. The van der Waals surface area contributed by atoms with Crippen LogP contribution >= 0.6 is 15.9 Å². The lowest BCUT2D eigenvalue weighted by Gasteiger charge is -2.05. The van der Waals surface area contributed by atoms with Crippen molar-refractivity contribution in [1.29, 1.82) is 0 Å². The van der Waals surface area contributed by atoms with Gasteiger partial charge in [0.05, 0.1) is 13.0 Å². The number of benzene rings is 1. The first-order valence-electron chi connectivity index (χ1n) is 4.26. The van der Waals surface area contributed by atoms with Crippen molar-refractivity contribution in [3.8, 4) is 5.75 Å². The van der Waals surface area contributed by atoms with Crippen LogP contribution in [0.25, 0.3) is 0 Å². The third kappa shape index (κ3) is 4.78. The van der Waals surface area contributed by atoms with Crippen molar-refractivity contribution in [3.63, 3.8) is 0 Å². The Bertz CT molecular complexity index is 316. The first kappa shape index (κ1) is 12.0. The SMILES string of the molecule is NNOC(=O)CCOc1ccc(Br)cc1. The predicted octanol–water partition coefficient (Wildman–Crippen LogP) is 1.14. The molecular weight excluding hydrogens is 264 g/mol. The summed E-state index contributed by atoms with van der Waals surface area (Å²) >= 11 is 3.31. The number of halogens is 1. The van der Waals surface area contributed by atoms with Gasteiger partial charge >= 0.3 is 5.97 Å². The summed E-state index contributed by atoms with van der Waals surface area (Å²) < 4.78 is 6.26. The van der Waals surface area contributed by atoms with Crippen LogP contribution in [0.2, 0.25) is 0 Å². The van der Waals surface area contributed by atoms with E-state index in [1.807, 2.05) is 17.7 Å². The Morgan fingerprint density at radius 1 is 1.40 bits per heavy atom. The molecule has 0 aliphatic carbocycles. The van der Waals surface area contributed by atoms with E-state index in [0.29, 0.717) is 5.75 Å². The minimum atomic E-state index is -0.463. The van der Waals surface area contributed by atoms with Crippen LogP contribution in [0.4, 0.5) is 0 Å². The number of ether oxygens (including phenoxy) is 1. The van der Waals surface area contributed by atoms with Crippen molar-refractivity contribution in [2.75, 3.05) is 6.61 Å². The standard InChI is InChI=1S/C9H11BrN2O3/c10-7-1-3-8(4-2-7)14-6-5-9(13)15-12-11/h1-4,12H,5-6,11H2. The lowest BCUT2D eigenvalue weighted by atomic mass is 10.3. The molecule has 0 heterocycles. The molecule has 0 saturated heterocycles. The molecule has 0 fully saturated rings. The van der Waals surface area contributed by atoms with Crippen molar-refractivity contribution in [2.45, 2.75) is 6.42 Å². The van der Waals surface area contributed by atoms with Crippen LogP contribution in [0.3, 0.4) is 0 Å². The number of hydrogen-bond donors (Lipinski definition) is 2. The van der Waals surface area contributed by atoms with Crippen molar-refractivity contribution in [1.82, 2.24) is 5.59 Å². The van der Waals surface area contributed by atoms with Crippen LogP contribution in [0.15, 0.2) is 28.7 Å². The van der Waals surface area contributed by atoms with Gasteiger partial charge in [0.1, 0.15) is 5.75 Å². The van der Waals surface area contributed by atoms with Gasteiger partial charge in [0.15, 0.2) is 0 Å². The topological polar surface area (TPSA) is 73.6 Å². The third-order valence-electron chi connectivity index (χ3n) is 1.56. The molecule has 6 heteroatoms. The highest BCUT2D eigenvalue weighted by atomic mass is 79.9. The van der Waals surface area contributed by atoms with Gasteiger partial charge in [-0.15, -0.1) is 0 Å². The number of hydrazine groups is 1. The fourth-order valence-electron chi connectivity index (χ4n) is 0.900. The Balaban J connectivity index is 2.26. The minimum absolute atomic E-state index is 0.139. The molecule has 1 aromatic carbocycles. The Kier molecular flexibility index (Phi) is 5.09. The zero-order chi connectivity index (χ0) is 11.1. The maximum Gasteiger partial charge on any atom is 0.329 e. The summed E-state index contributed by atoms with van der Waals surface area (Å²) in [6.07, 6.45) is 0.139. The largest absolute Gasteiger partial charge is 0.493 e. The van der Waals surface area contributed by atoms with E-state index in [1.165, 1.54) is 0 Å². The normalized spacial score (nSPS) is 9.73. The molecular formula is C9H11BrN2O3. The molecule has 0 saturated carbocycles. The van der Waals surface area contributed by atoms with Crippen molar-refractivity contribution < 1.29 is 14.4 Å². The second kappa shape index (κ2) is 6.39. The van der Waals surface area contributed by atoms with Crippen LogP contribution < -0.4 is 16.2 Å². The lowest BCUT2D eigenvalue weighted by molar-refractivity contribution is -0.151. The van der Waals surface area contributed by atoms with E-state index >= 15 is 0 Å². The van der Waals surface area contributed by atoms with Crippen LogP contribution in [0.1, 0.15) is 6.42 Å². The monoisotopic (exact) mass is 274 g/mol. The number of carbonyl (C=O) groups is 1. The Hall–Kier alpha value is -1.11. The summed E-state index contributed by atoms with van der Waals surface area (Å²) in [6, 6.07) is 7.32. The van der Waals surface area contributed by atoms with Crippen LogP contribution in [0, 0.1) is 0 Å². The van der Waals surface area contributed by atoms with Gasteiger partial charge in [-0.1, -0.05) is 21.5 Å². The van der Waals surface area contributed by atoms with Crippen molar-refractivity contribution in [3.05, 3.63) is 28.7 Å². The minimum Gasteiger partial charge on any atom is -0.493 e. The Morgan fingerprint density at radius 2 is 2.07 bits per heavy atom. The van der Waals surface area contributed by atoms with E-state index in [-0.39, 0.29) is 13.0 Å². The summed E-state index contributed by atoms with van der Waals surface area (Å²) in [5.74, 6) is 5.03. The molecule has 1 aromatic rings. The number of carbonyl (C=O) groups excluding carboxylic acids is 1. The molecule has 0 amide bonds. The highest BCUT2D eigenvalue weighted by molar-refractivity contribution is 9.10. The number of nitrogens with two attached hydrogens (primary N) is 1. The quantitative estimate of drug-likeness (QED) is 0.622. The van der Waals surface area contributed by atoms with Gasteiger partial charge in [0, 0.05) is 4.47 Å². The van der Waals surface area contributed by atoms with E-state index in [0.717, 1.165) is 4.47 Å². The van der Waals surface area contributed by atoms with Crippen molar-refractivity contribution in [2.24, 2.45) is 5.84 Å². The van der Waals surface area contributed by atoms with Gasteiger partial charge in [-0.3, -0.25) is 4.79 Å². The Morgan fingerprint density at radius 3 is 2.67 bits per heavy atom. The molecule has 0 aliphatic rings. The van der Waals surface area contributed by atoms with Crippen LogP contribution in [-0.2, 0) is 9.63 Å². The first-order chi connectivity index (χ1) is 7.22. The van der Waals surface area contributed by atoms with E-state index in [9.17, 15) is 4.79 Å². The molecule has 0 aliphatic heterocycles. The second-order valence-electron chi connectivity index (χ2n) is 2.64.